The Bertz CT molecular complexity index is 636. The van der Waals surface area contributed by atoms with Gasteiger partial charge in [-0.25, -0.2) is 0 Å². The third-order valence-electron chi connectivity index (χ3n) is 3.75. The number of carbonyl (C=O) groups excluding carboxylic acids is 2. The predicted molar refractivity (Wildman–Crippen MR) is 88.3 cm³/mol. The molecule has 2 amide bonds. The van der Waals surface area contributed by atoms with Gasteiger partial charge >= 0.3 is 0 Å². The summed E-state index contributed by atoms with van der Waals surface area (Å²) >= 11 is 0. The Labute approximate surface area is 136 Å². The van der Waals surface area contributed by atoms with Gasteiger partial charge in [0.15, 0.2) is 0 Å². The summed E-state index contributed by atoms with van der Waals surface area (Å²) in [6.45, 7) is 0.339. The van der Waals surface area contributed by atoms with Crippen LogP contribution in [0.3, 0.4) is 0 Å². The van der Waals surface area contributed by atoms with Crippen LogP contribution in [0.1, 0.15) is 44.1 Å². The third kappa shape index (κ3) is 5.95. The Kier molecular flexibility index (Phi) is 6.37. The summed E-state index contributed by atoms with van der Waals surface area (Å²) in [5.41, 5.74) is 2.79. The predicted octanol–water partition coefficient (Wildman–Crippen LogP) is 3.05. The summed E-state index contributed by atoms with van der Waals surface area (Å²) in [6, 6.07) is 9.14. The maximum Gasteiger partial charge on any atom is 0.248 e. The summed E-state index contributed by atoms with van der Waals surface area (Å²) in [4.78, 5) is 23.3. The maximum atomic E-state index is 12.0. The van der Waals surface area contributed by atoms with Gasteiger partial charge in [-0.15, -0.1) is 0 Å². The van der Waals surface area contributed by atoms with E-state index in [2.05, 4.69) is 10.6 Å². The van der Waals surface area contributed by atoms with E-state index in [9.17, 15) is 9.59 Å². The normalized spacial score (nSPS) is 13.8. The highest BCUT2D eigenvalue weighted by Gasteiger charge is 2.08. The lowest BCUT2D eigenvalue weighted by Crippen LogP contribution is -2.21. The van der Waals surface area contributed by atoms with E-state index in [1.165, 1.54) is 12.0 Å². The minimum absolute atomic E-state index is 0.104. The second kappa shape index (κ2) is 8.74. The van der Waals surface area contributed by atoms with Crippen LogP contribution in [0, 0.1) is 11.3 Å². The number of nitrogens with zero attached hydrogens (tertiary/aromatic N) is 1. The molecule has 5 nitrogen and oxygen atoms in total. The molecule has 1 aromatic rings. The SMILES string of the molecule is N#CCC(=O)NCc1cccc(NC(=O)C=C2CCCCC2)c1. The van der Waals surface area contributed by atoms with Crippen molar-refractivity contribution in [2.45, 2.75) is 45.1 Å². The number of hydrogen-bond acceptors (Lipinski definition) is 3. The van der Waals surface area contributed by atoms with Gasteiger partial charge < -0.3 is 10.6 Å². The third-order valence-corrected chi connectivity index (χ3v) is 3.75. The maximum absolute atomic E-state index is 12.0. The number of hydrogen-bond donors (Lipinski definition) is 2. The molecule has 1 fully saturated rings. The van der Waals surface area contributed by atoms with E-state index in [0.29, 0.717) is 12.2 Å². The molecule has 0 atom stereocenters. The minimum atomic E-state index is -0.302. The van der Waals surface area contributed by atoms with Crippen LogP contribution < -0.4 is 10.6 Å². The molecule has 2 N–H and O–H groups in total. The fourth-order valence-corrected chi connectivity index (χ4v) is 2.61. The first-order chi connectivity index (χ1) is 11.2. The lowest BCUT2D eigenvalue weighted by atomic mass is 9.94. The van der Waals surface area contributed by atoms with Crippen molar-refractivity contribution in [3.05, 3.63) is 41.5 Å². The summed E-state index contributed by atoms with van der Waals surface area (Å²) in [6.07, 6.45) is 7.16. The van der Waals surface area contributed by atoms with Crippen LogP contribution in [0.2, 0.25) is 0 Å². The van der Waals surface area contributed by atoms with Crippen molar-refractivity contribution in [2.24, 2.45) is 0 Å². The molecule has 1 aromatic carbocycles. The molecule has 0 unspecified atom stereocenters. The van der Waals surface area contributed by atoms with Crippen molar-refractivity contribution < 1.29 is 9.59 Å². The number of anilines is 1. The highest BCUT2D eigenvalue weighted by atomic mass is 16.2. The standard InChI is InChI=1S/C18H21N3O2/c19-10-9-17(22)20-13-15-7-4-8-16(11-15)21-18(23)12-14-5-2-1-3-6-14/h4,7-8,11-12H,1-3,5-6,9,13H2,(H,20,22)(H,21,23). The first-order valence-electron chi connectivity index (χ1n) is 7.90. The Morgan fingerprint density at radius 2 is 2.00 bits per heavy atom. The summed E-state index contributed by atoms with van der Waals surface area (Å²) in [7, 11) is 0. The van der Waals surface area contributed by atoms with E-state index in [1.807, 2.05) is 24.3 Å². The van der Waals surface area contributed by atoms with Gasteiger partial charge in [0.2, 0.25) is 11.8 Å². The van der Waals surface area contributed by atoms with E-state index < -0.39 is 0 Å². The Hall–Kier alpha value is -2.61. The Morgan fingerprint density at radius 3 is 2.74 bits per heavy atom. The van der Waals surface area contributed by atoms with Crippen molar-refractivity contribution in [3.8, 4) is 6.07 Å². The molecule has 1 saturated carbocycles. The molecule has 5 heteroatoms. The average molecular weight is 311 g/mol. The average Bonchev–Trinajstić information content (AvgIpc) is 2.54. The van der Waals surface area contributed by atoms with Crippen molar-refractivity contribution >= 4 is 17.5 Å². The fourth-order valence-electron chi connectivity index (χ4n) is 2.61. The number of nitriles is 1. The zero-order valence-corrected chi connectivity index (χ0v) is 13.1. The van der Waals surface area contributed by atoms with Gasteiger partial charge in [-0.1, -0.05) is 24.1 Å². The van der Waals surface area contributed by atoms with E-state index >= 15 is 0 Å². The molecule has 2 rings (SSSR count). The molecule has 0 radical (unpaired) electrons. The van der Waals surface area contributed by atoms with Crippen LogP contribution in [-0.4, -0.2) is 11.8 Å². The molecule has 0 spiro atoms. The number of allylic oxidation sites excluding steroid dienone is 1. The van der Waals surface area contributed by atoms with Crippen LogP contribution in [0.25, 0.3) is 0 Å². The number of carbonyl (C=O) groups is 2. The number of nitrogens with one attached hydrogen (secondary N) is 2. The van der Waals surface area contributed by atoms with Gasteiger partial charge in [-0.05, 0) is 43.4 Å². The number of rotatable bonds is 5. The lowest BCUT2D eigenvalue weighted by molar-refractivity contribution is -0.120. The van der Waals surface area contributed by atoms with Gasteiger partial charge in [0.05, 0.1) is 6.07 Å². The van der Waals surface area contributed by atoms with Crippen molar-refractivity contribution in [1.29, 1.82) is 5.26 Å². The molecule has 120 valence electrons. The minimum Gasteiger partial charge on any atom is -0.351 e. The molecule has 0 heterocycles. The molecule has 0 aliphatic heterocycles. The Balaban J connectivity index is 1.90. The molecular weight excluding hydrogens is 290 g/mol. The smallest absolute Gasteiger partial charge is 0.248 e. The molecule has 1 aliphatic rings. The van der Waals surface area contributed by atoms with Gasteiger partial charge in [0.1, 0.15) is 6.42 Å². The number of amides is 2. The summed E-state index contributed by atoms with van der Waals surface area (Å²) in [5, 5.41) is 14.0. The molecule has 0 aromatic heterocycles. The van der Waals surface area contributed by atoms with Crippen LogP contribution in [0.5, 0.6) is 0 Å². The zero-order chi connectivity index (χ0) is 16.5. The van der Waals surface area contributed by atoms with Gasteiger partial charge in [-0.3, -0.25) is 9.59 Å². The topological polar surface area (TPSA) is 82.0 Å². The van der Waals surface area contributed by atoms with Crippen LogP contribution in [0.4, 0.5) is 5.69 Å². The summed E-state index contributed by atoms with van der Waals surface area (Å²) < 4.78 is 0. The van der Waals surface area contributed by atoms with Crippen molar-refractivity contribution in [3.63, 3.8) is 0 Å². The van der Waals surface area contributed by atoms with Crippen molar-refractivity contribution in [2.75, 3.05) is 5.32 Å². The van der Waals surface area contributed by atoms with Gasteiger partial charge in [-0.2, -0.15) is 5.26 Å². The highest BCUT2D eigenvalue weighted by molar-refractivity contribution is 5.99. The van der Waals surface area contributed by atoms with Crippen molar-refractivity contribution in [1.82, 2.24) is 5.32 Å². The first-order valence-corrected chi connectivity index (χ1v) is 7.90. The largest absolute Gasteiger partial charge is 0.351 e. The van der Waals surface area contributed by atoms with E-state index in [0.717, 1.165) is 31.2 Å². The van der Waals surface area contributed by atoms with E-state index in [-0.39, 0.29) is 18.2 Å². The first kappa shape index (κ1) is 16.8. The zero-order valence-electron chi connectivity index (χ0n) is 13.1. The monoisotopic (exact) mass is 311 g/mol. The van der Waals surface area contributed by atoms with E-state index in [4.69, 9.17) is 5.26 Å². The second-order valence-corrected chi connectivity index (χ2v) is 5.66. The highest BCUT2D eigenvalue weighted by Crippen LogP contribution is 2.22. The van der Waals surface area contributed by atoms with Crippen LogP contribution in [0.15, 0.2) is 35.9 Å². The van der Waals surface area contributed by atoms with Crippen LogP contribution >= 0.6 is 0 Å². The van der Waals surface area contributed by atoms with Gasteiger partial charge in [0.25, 0.3) is 0 Å². The fraction of sp³-hybridized carbons (Fsp3) is 0.389. The lowest BCUT2D eigenvalue weighted by Gasteiger charge is -2.13. The van der Waals surface area contributed by atoms with E-state index in [1.54, 1.807) is 12.1 Å². The second-order valence-electron chi connectivity index (χ2n) is 5.66. The number of benzene rings is 1. The quantitative estimate of drug-likeness (QED) is 0.820. The van der Waals surface area contributed by atoms with Crippen LogP contribution in [-0.2, 0) is 16.1 Å². The molecule has 0 saturated heterocycles. The Morgan fingerprint density at radius 1 is 1.22 bits per heavy atom. The molecule has 1 aliphatic carbocycles. The van der Waals surface area contributed by atoms with Gasteiger partial charge in [0, 0.05) is 18.3 Å². The molecule has 0 bridgehead atoms. The summed E-state index contributed by atoms with van der Waals surface area (Å²) in [5.74, 6) is -0.406. The molecule has 23 heavy (non-hydrogen) atoms. The molecular formula is C18H21N3O2.